The van der Waals surface area contributed by atoms with Crippen molar-refractivity contribution in [3.05, 3.63) is 41.4 Å². The number of carboxylic acids is 1. The van der Waals surface area contributed by atoms with E-state index < -0.39 is 5.97 Å². The van der Waals surface area contributed by atoms with Crippen molar-refractivity contribution in [2.24, 2.45) is 0 Å². The van der Waals surface area contributed by atoms with E-state index in [1.54, 1.807) is 26.0 Å². The first-order valence-electron chi connectivity index (χ1n) is 6.16. The van der Waals surface area contributed by atoms with Crippen LogP contribution in [0.3, 0.4) is 0 Å². The predicted molar refractivity (Wildman–Crippen MR) is 71.7 cm³/mol. The second kappa shape index (κ2) is 4.86. The fourth-order valence-corrected chi connectivity index (χ4v) is 1.92. The molecule has 0 saturated carbocycles. The molecule has 2 aromatic heterocycles. The van der Waals surface area contributed by atoms with Crippen LogP contribution in [0.2, 0.25) is 0 Å². The van der Waals surface area contributed by atoms with Crippen molar-refractivity contribution in [1.82, 2.24) is 15.1 Å². The molecular weight excluding hydrogens is 274 g/mol. The molecule has 3 aromatic rings. The van der Waals surface area contributed by atoms with Gasteiger partial charge >= 0.3 is 5.97 Å². The number of oxazole rings is 1. The molecule has 7 heteroatoms. The number of aromatic nitrogens is 3. The molecule has 0 atom stereocenters. The Labute approximate surface area is 119 Å². The Morgan fingerprint density at radius 2 is 1.86 bits per heavy atom. The number of nitrogens with zero attached hydrogens (tertiary/aromatic N) is 3. The van der Waals surface area contributed by atoms with Gasteiger partial charge in [0.15, 0.2) is 5.89 Å². The van der Waals surface area contributed by atoms with Gasteiger partial charge in [-0.15, -0.1) is 0 Å². The quantitative estimate of drug-likeness (QED) is 0.789. The number of carbonyl (C=O) groups is 1. The van der Waals surface area contributed by atoms with E-state index in [4.69, 9.17) is 14.0 Å². The number of benzene rings is 1. The van der Waals surface area contributed by atoms with Gasteiger partial charge in [-0.25, -0.2) is 9.78 Å². The molecule has 106 valence electrons. The van der Waals surface area contributed by atoms with Crippen LogP contribution in [0.4, 0.5) is 0 Å². The summed E-state index contributed by atoms with van der Waals surface area (Å²) in [5, 5.41) is 12.7. The lowest BCUT2D eigenvalue weighted by molar-refractivity contribution is 0.0697. The summed E-state index contributed by atoms with van der Waals surface area (Å²) in [4.78, 5) is 19.2. The van der Waals surface area contributed by atoms with Crippen LogP contribution in [0.25, 0.3) is 23.0 Å². The number of aromatic carboxylic acids is 1. The molecule has 0 saturated heterocycles. The average Bonchev–Trinajstić information content (AvgIpc) is 3.05. The van der Waals surface area contributed by atoms with Crippen LogP contribution in [0.5, 0.6) is 0 Å². The summed E-state index contributed by atoms with van der Waals surface area (Å²) in [6.45, 7) is 3.52. The molecular formula is C14H11N3O4. The van der Waals surface area contributed by atoms with Crippen LogP contribution in [-0.2, 0) is 0 Å². The molecule has 0 unspecified atom stereocenters. The summed E-state index contributed by atoms with van der Waals surface area (Å²) in [5.74, 6) is 0.574. The zero-order valence-corrected chi connectivity index (χ0v) is 11.3. The predicted octanol–water partition coefficient (Wildman–Crippen LogP) is 2.71. The van der Waals surface area contributed by atoms with E-state index in [9.17, 15) is 4.79 Å². The van der Waals surface area contributed by atoms with Crippen molar-refractivity contribution < 1.29 is 18.8 Å². The summed E-state index contributed by atoms with van der Waals surface area (Å²) < 4.78 is 10.6. The number of aryl methyl sites for hydroxylation is 2. The van der Waals surface area contributed by atoms with Gasteiger partial charge in [0.2, 0.25) is 11.6 Å². The van der Waals surface area contributed by atoms with E-state index in [1.807, 2.05) is 0 Å². The summed E-state index contributed by atoms with van der Waals surface area (Å²) >= 11 is 0. The molecule has 3 rings (SSSR count). The van der Waals surface area contributed by atoms with Crippen LogP contribution < -0.4 is 0 Å². The van der Waals surface area contributed by atoms with Crippen molar-refractivity contribution in [1.29, 1.82) is 0 Å². The minimum absolute atomic E-state index is 0.198. The zero-order valence-electron chi connectivity index (χ0n) is 11.3. The lowest BCUT2D eigenvalue weighted by Gasteiger charge is -1.95. The van der Waals surface area contributed by atoms with Gasteiger partial charge in [0.25, 0.3) is 5.89 Å². The highest BCUT2D eigenvalue weighted by atomic mass is 16.5. The van der Waals surface area contributed by atoms with Crippen LogP contribution >= 0.6 is 0 Å². The number of rotatable bonds is 3. The van der Waals surface area contributed by atoms with Crippen LogP contribution in [-0.4, -0.2) is 26.2 Å². The Hall–Kier alpha value is -2.96. The molecule has 7 nitrogen and oxygen atoms in total. The smallest absolute Gasteiger partial charge is 0.335 e. The summed E-state index contributed by atoms with van der Waals surface area (Å²) in [6, 6.07) is 6.21. The third-order valence-corrected chi connectivity index (χ3v) is 2.91. The topological polar surface area (TPSA) is 102 Å². The van der Waals surface area contributed by atoms with Gasteiger partial charge in [0.1, 0.15) is 0 Å². The van der Waals surface area contributed by atoms with E-state index in [2.05, 4.69) is 15.1 Å². The average molecular weight is 285 g/mol. The van der Waals surface area contributed by atoms with E-state index >= 15 is 0 Å². The molecule has 1 aromatic carbocycles. The van der Waals surface area contributed by atoms with Gasteiger partial charge in [0, 0.05) is 12.5 Å². The Bertz CT molecular complexity index is 802. The first kappa shape index (κ1) is 13.0. The van der Waals surface area contributed by atoms with Crippen molar-refractivity contribution in [2.45, 2.75) is 13.8 Å². The van der Waals surface area contributed by atoms with E-state index in [0.29, 0.717) is 28.7 Å². The third-order valence-electron chi connectivity index (χ3n) is 2.91. The highest BCUT2D eigenvalue weighted by molar-refractivity contribution is 5.88. The third kappa shape index (κ3) is 2.40. The summed E-state index contributed by atoms with van der Waals surface area (Å²) in [7, 11) is 0. The van der Waals surface area contributed by atoms with E-state index in [-0.39, 0.29) is 11.5 Å². The first-order valence-corrected chi connectivity index (χ1v) is 6.16. The van der Waals surface area contributed by atoms with Gasteiger partial charge in [-0.1, -0.05) is 17.3 Å². The Kier molecular flexibility index (Phi) is 3.02. The maximum absolute atomic E-state index is 10.8. The number of carboxylic acid groups (broad SMARTS) is 1. The molecule has 0 aliphatic carbocycles. The largest absolute Gasteiger partial charge is 0.478 e. The van der Waals surface area contributed by atoms with Crippen LogP contribution in [0.15, 0.2) is 33.2 Å². The zero-order chi connectivity index (χ0) is 15.0. The Morgan fingerprint density at radius 3 is 2.43 bits per heavy atom. The molecule has 0 fully saturated rings. The van der Waals surface area contributed by atoms with Gasteiger partial charge in [0.05, 0.1) is 11.3 Å². The van der Waals surface area contributed by atoms with Gasteiger partial charge < -0.3 is 14.0 Å². The maximum Gasteiger partial charge on any atom is 0.335 e. The van der Waals surface area contributed by atoms with E-state index in [1.165, 1.54) is 12.1 Å². The van der Waals surface area contributed by atoms with Crippen molar-refractivity contribution >= 4 is 5.97 Å². The first-order chi connectivity index (χ1) is 10.0. The lowest BCUT2D eigenvalue weighted by Crippen LogP contribution is -1.95. The van der Waals surface area contributed by atoms with Gasteiger partial charge in [-0.3, -0.25) is 0 Å². The molecule has 0 spiro atoms. The van der Waals surface area contributed by atoms with Crippen molar-refractivity contribution in [2.75, 3.05) is 0 Å². The van der Waals surface area contributed by atoms with Crippen LogP contribution in [0.1, 0.15) is 21.9 Å². The second-order valence-electron chi connectivity index (χ2n) is 4.45. The molecule has 0 radical (unpaired) electrons. The standard InChI is InChI=1S/C14H11N3O4/c1-7-11(20-8(2)15-7)13-16-12(17-21-13)9-3-5-10(6-4-9)14(18)19/h3-6H,1-2H3,(H,18,19). The molecule has 21 heavy (non-hydrogen) atoms. The minimum atomic E-state index is -0.983. The second-order valence-corrected chi connectivity index (χ2v) is 4.45. The number of hydrogen-bond acceptors (Lipinski definition) is 6. The molecule has 0 amide bonds. The van der Waals surface area contributed by atoms with Gasteiger partial charge in [-0.05, 0) is 19.1 Å². The molecule has 0 aliphatic heterocycles. The summed E-state index contributed by atoms with van der Waals surface area (Å²) in [5.41, 5.74) is 1.52. The molecule has 1 N–H and O–H groups in total. The maximum atomic E-state index is 10.8. The normalized spacial score (nSPS) is 10.8. The Balaban J connectivity index is 1.94. The fraction of sp³-hybridized carbons (Fsp3) is 0.143. The lowest BCUT2D eigenvalue weighted by atomic mass is 10.1. The Morgan fingerprint density at radius 1 is 1.14 bits per heavy atom. The van der Waals surface area contributed by atoms with Crippen LogP contribution in [0, 0.1) is 13.8 Å². The molecule has 2 heterocycles. The summed E-state index contributed by atoms with van der Waals surface area (Å²) in [6.07, 6.45) is 0. The molecule has 0 aliphatic rings. The molecule has 0 bridgehead atoms. The fourth-order valence-electron chi connectivity index (χ4n) is 1.92. The van der Waals surface area contributed by atoms with E-state index in [0.717, 1.165) is 0 Å². The SMILES string of the molecule is Cc1nc(C)c(-c2nc(-c3ccc(C(=O)O)cc3)no2)o1. The minimum Gasteiger partial charge on any atom is -0.478 e. The van der Waals surface area contributed by atoms with Gasteiger partial charge in [-0.2, -0.15) is 4.98 Å². The highest BCUT2D eigenvalue weighted by Gasteiger charge is 2.17. The van der Waals surface area contributed by atoms with Crippen molar-refractivity contribution in [3.63, 3.8) is 0 Å². The number of hydrogen-bond donors (Lipinski definition) is 1. The monoisotopic (exact) mass is 285 g/mol. The highest BCUT2D eigenvalue weighted by Crippen LogP contribution is 2.25. The van der Waals surface area contributed by atoms with Crippen molar-refractivity contribution in [3.8, 4) is 23.0 Å².